The maximum atomic E-state index is 10.5. The summed E-state index contributed by atoms with van der Waals surface area (Å²) < 4.78 is 1.33. The molecule has 0 radical (unpaired) electrons. The molecular formula is C9H8N6O2. The van der Waals surface area contributed by atoms with Crippen molar-refractivity contribution in [2.75, 3.05) is 0 Å². The Labute approximate surface area is 95.4 Å². The van der Waals surface area contributed by atoms with Crippen molar-refractivity contribution in [3.63, 3.8) is 0 Å². The average Bonchev–Trinajstić information content (AvgIpc) is 2.78. The van der Waals surface area contributed by atoms with Crippen molar-refractivity contribution in [3.05, 3.63) is 46.5 Å². The number of hydrogen-bond acceptors (Lipinski definition) is 5. The molecule has 0 aliphatic carbocycles. The quantitative estimate of drug-likeness (QED) is 0.344. The second-order valence-electron chi connectivity index (χ2n) is 3.22. The molecule has 8 nitrogen and oxygen atoms in total. The van der Waals surface area contributed by atoms with Gasteiger partial charge in [0.2, 0.25) is 0 Å². The summed E-state index contributed by atoms with van der Waals surface area (Å²) in [6.45, 7) is 0. The van der Waals surface area contributed by atoms with E-state index in [9.17, 15) is 10.1 Å². The molecule has 86 valence electrons. The Morgan fingerprint density at radius 1 is 1.47 bits per heavy atom. The van der Waals surface area contributed by atoms with E-state index in [-0.39, 0.29) is 11.5 Å². The van der Waals surface area contributed by atoms with Gasteiger partial charge in [0.15, 0.2) is 0 Å². The largest absolute Gasteiger partial charge is 0.382 e. The second-order valence-corrected chi connectivity index (χ2v) is 3.22. The first kappa shape index (κ1) is 10.7. The van der Waals surface area contributed by atoms with Crippen molar-refractivity contribution in [2.45, 2.75) is 0 Å². The third-order valence-electron chi connectivity index (χ3n) is 2.07. The molecule has 3 N–H and O–H groups in total. The van der Waals surface area contributed by atoms with Gasteiger partial charge in [-0.05, 0) is 12.1 Å². The predicted molar refractivity (Wildman–Crippen MR) is 59.0 cm³/mol. The van der Waals surface area contributed by atoms with Crippen molar-refractivity contribution >= 4 is 11.5 Å². The highest BCUT2D eigenvalue weighted by Gasteiger charge is 2.10. The van der Waals surface area contributed by atoms with Crippen LogP contribution >= 0.6 is 0 Å². The molecule has 0 atom stereocenters. The first-order valence-electron chi connectivity index (χ1n) is 4.58. The summed E-state index contributed by atoms with van der Waals surface area (Å²) in [5.74, 6) is -0.136. The highest BCUT2D eigenvalue weighted by molar-refractivity contribution is 5.92. The fraction of sp³-hybridized carbons (Fsp3) is 0. The van der Waals surface area contributed by atoms with Crippen LogP contribution in [-0.4, -0.2) is 25.5 Å². The fourth-order valence-electron chi connectivity index (χ4n) is 1.23. The maximum Gasteiger partial charge on any atom is 0.307 e. The molecular weight excluding hydrogens is 224 g/mol. The van der Waals surface area contributed by atoms with E-state index in [2.05, 4.69) is 10.1 Å². The van der Waals surface area contributed by atoms with Crippen LogP contribution < -0.4 is 5.73 Å². The molecule has 0 saturated heterocycles. The van der Waals surface area contributed by atoms with E-state index < -0.39 is 4.92 Å². The lowest BCUT2D eigenvalue weighted by Gasteiger charge is -2.01. The molecule has 0 saturated carbocycles. The van der Waals surface area contributed by atoms with Crippen LogP contribution in [0.1, 0.15) is 5.69 Å². The summed E-state index contributed by atoms with van der Waals surface area (Å²) in [6.07, 6.45) is 3.87. The van der Waals surface area contributed by atoms with E-state index in [1.807, 2.05) is 0 Å². The van der Waals surface area contributed by atoms with Crippen molar-refractivity contribution in [2.24, 2.45) is 5.73 Å². The van der Waals surface area contributed by atoms with Crippen LogP contribution in [0.3, 0.4) is 0 Å². The van der Waals surface area contributed by atoms with Crippen LogP contribution in [-0.2, 0) is 0 Å². The Morgan fingerprint density at radius 3 is 2.71 bits per heavy atom. The Bertz CT molecular complexity index is 573. The molecule has 0 fully saturated rings. The normalized spacial score (nSPS) is 10.1. The number of nitro groups is 1. The molecule has 2 heterocycles. The standard InChI is InChI=1S/C9H8N6O2/c10-9(11)8-2-1-6(3-12-8)14-5-7(4-13-14)15(16)17/h1-5H,(H3,10,11). The number of rotatable bonds is 3. The zero-order valence-corrected chi connectivity index (χ0v) is 8.57. The summed E-state index contributed by atoms with van der Waals surface area (Å²) in [6, 6.07) is 3.17. The van der Waals surface area contributed by atoms with Gasteiger partial charge >= 0.3 is 5.69 Å². The highest BCUT2D eigenvalue weighted by atomic mass is 16.6. The molecule has 0 amide bonds. The van der Waals surface area contributed by atoms with Gasteiger partial charge < -0.3 is 5.73 Å². The average molecular weight is 232 g/mol. The smallest absolute Gasteiger partial charge is 0.307 e. The molecule has 17 heavy (non-hydrogen) atoms. The Hall–Kier alpha value is -2.77. The van der Waals surface area contributed by atoms with E-state index in [0.29, 0.717) is 11.4 Å². The summed E-state index contributed by atoms with van der Waals surface area (Å²) in [5.41, 5.74) is 6.06. The van der Waals surface area contributed by atoms with Crippen LogP contribution in [0.4, 0.5) is 5.69 Å². The number of pyridine rings is 1. The second kappa shape index (κ2) is 4.00. The summed E-state index contributed by atoms with van der Waals surface area (Å²) >= 11 is 0. The van der Waals surface area contributed by atoms with Crippen LogP contribution in [0.5, 0.6) is 0 Å². The number of amidine groups is 1. The lowest BCUT2D eigenvalue weighted by atomic mass is 10.3. The third kappa shape index (κ3) is 2.09. The van der Waals surface area contributed by atoms with E-state index in [1.165, 1.54) is 17.1 Å². The van der Waals surface area contributed by atoms with Crippen molar-refractivity contribution in [1.82, 2.24) is 14.8 Å². The third-order valence-corrected chi connectivity index (χ3v) is 2.07. The van der Waals surface area contributed by atoms with Crippen LogP contribution in [0, 0.1) is 15.5 Å². The summed E-state index contributed by atoms with van der Waals surface area (Å²) in [4.78, 5) is 13.9. The Kier molecular flexibility index (Phi) is 2.53. The number of nitrogens with two attached hydrogens (primary N) is 1. The molecule has 0 aromatic carbocycles. The molecule has 0 aliphatic rings. The van der Waals surface area contributed by atoms with Crippen LogP contribution in [0.2, 0.25) is 0 Å². The Morgan fingerprint density at radius 2 is 2.24 bits per heavy atom. The molecule has 0 bridgehead atoms. The number of hydrogen-bond donors (Lipinski definition) is 2. The van der Waals surface area contributed by atoms with Gasteiger partial charge in [-0.3, -0.25) is 20.5 Å². The minimum Gasteiger partial charge on any atom is -0.382 e. The predicted octanol–water partition coefficient (Wildman–Crippen LogP) is 0.460. The molecule has 2 aromatic rings. The molecule has 8 heteroatoms. The molecule has 0 spiro atoms. The lowest BCUT2D eigenvalue weighted by molar-refractivity contribution is -0.384. The van der Waals surface area contributed by atoms with Gasteiger partial charge in [0.1, 0.15) is 23.9 Å². The topological polar surface area (TPSA) is 124 Å². The number of aromatic nitrogens is 3. The minimum atomic E-state index is -0.527. The van der Waals surface area contributed by atoms with Crippen LogP contribution in [0.15, 0.2) is 30.7 Å². The molecule has 2 aromatic heterocycles. The van der Waals surface area contributed by atoms with Gasteiger partial charge in [0.25, 0.3) is 0 Å². The van der Waals surface area contributed by atoms with Gasteiger partial charge in [0, 0.05) is 0 Å². The van der Waals surface area contributed by atoms with E-state index in [1.54, 1.807) is 12.1 Å². The van der Waals surface area contributed by atoms with Crippen molar-refractivity contribution in [3.8, 4) is 5.69 Å². The SMILES string of the molecule is N=C(N)c1ccc(-n2cc([N+](=O)[O-])cn2)cn1. The van der Waals surface area contributed by atoms with E-state index in [0.717, 1.165) is 6.20 Å². The van der Waals surface area contributed by atoms with Crippen molar-refractivity contribution in [1.29, 1.82) is 5.41 Å². The zero-order valence-electron chi connectivity index (χ0n) is 8.57. The molecule has 2 rings (SSSR count). The van der Waals surface area contributed by atoms with Gasteiger partial charge in [-0.25, -0.2) is 4.68 Å². The van der Waals surface area contributed by atoms with Gasteiger partial charge in [-0.1, -0.05) is 0 Å². The highest BCUT2D eigenvalue weighted by Crippen LogP contribution is 2.12. The lowest BCUT2D eigenvalue weighted by Crippen LogP contribution is -2.13. The summed E-state index contributed by atoms with van der Waals surface area (Å²) in [7, 11) is 0. The maximum absolute atomic E-state index is 10.5. The monoisotopic (exact) mass is 232 g/mol. The number of nitrogens with one attached hydrogen (secondary N) is 1. The Balaban J connectivity index is 2.33. The van der Waals surface area contributed by atoms with Gasteiger partial charge in [-0.15, -0.1) is 0 Å². The first-order valence-corrected chi connectivity index (χ1v) is 4.58. The summed E-state index contributed by atoms with van der Waals surface area (Å²) in [5, 5.41) is 21.5. The van der Waals surface area contributed by atoms with Gasteiger partial charge in [-0.2, -0.15) is 5.10 Å². The van der Waals surface area contributed by atoms with Gasteiger partial charge in [0.05, 0.1) is 16.8 Å². The van der Waals surface area contributed by atoms with E-state index >= 15 is 0 Å². The van der Waals surface area contributed by atoms with Crippen LogP contribution in [0.25, 0.3) is 5.69 Å². The number of nitrogens with zero attached hydrogens (tertiary/aromatic N) is 4. The number of nitrogen functional groups attached to an aromatic ring is 1. The van der Waals surface area contributed by atoms with Crippen molar-refractivity contribution < 1.29 is 4.92 Å². The minimum absolute atomic E-state index is 0.0966. The zero-order chi connectivity index (χ0) is 12.4. The van der Waals surface area contributed by atoms with E-state index in [4.69, 9.17) is 11.1 Å². The fourth-order valence-corrected chi connectivity index (χ4v) is 1.23. The first-order chi connectivity index (χ1) is 8.08. The molecule has 0 unspecified atom stereocenters. The molecule has 0 aliphatic heterocycles.